The number of anilines is 2. The summed E-state index contributed by atoms with van der Waals surface area (Å²) in [4.78, 5) is 19.1. The first-order valence-electron chi connectivity index (χ1n) is 13.0. The van der Waals surface area contributed by atoms with E-state index in [1.807, 2.05) is 0 Å². The van der Waals surface area contributed by atoms with Gasteiger partial charge < -0.3 is 0 Å². The minimum Gasteiger partial charge on any atom is -0.283 e. The summed E-state index contributed by atoms with van der Waals surface area (Å²) in [5.74, 6) is -3.79. The Kier molecular flexibility index (Phi) is 10.5. The third-order valence-corrected chi connectivity index (χ3v) is 12.5. The summed E-state index contributed by atoms with van der Waals surface area (Å²) in [6.07, 6.45) is 0. The molecule has 0 atom stereocenters. The molecule has 0 unspecified atom stereocenters. The molecule has 0 spiro atoms. The molecule has 0 fully saturated rings. The summed E-state index contributed by atoms with van der Waals surface area (Å²) < 4.78 is 106. The van der Waals surface area contributed by atoms with Crippen LogP contribution in [0.25, 0.3) is 0 Å². The first-order chi connectivity index (χ1) is 21.0. The van der Waals surface area contributed by atoms with Gasteiger partial charge in [0.15, 0.2) is 0 Å². The summed E-state index contributed by atoms with van der Waals surface area (Å²) in [5, 5.41) is 21.6. The number of hydrogen-bond donors (Lipinski definition) is 2. The molecule has 0 aromatic heterocycles. The maximum Gasteiger partial charge on any atom is 0.305 e. The third-order valence-electron chi connectivity index (χ3n) is 6.34. The molecular weight excluding hydrogens is 689 g/mol. The average Bonchev–Trinajstić information content (AvgIpc) is 2.79. The largest absolute Gasteiger partial charge is 0.305 e. The van der Waals surface area contributed by atoms with E-state index in [9.17, 15) is 53.9 Å². The predicted octanol–water partition coefficient (Wildman–Crippen LogP) is 2.82. The van der Waals surface area contributed by atoms with E-state index in [1.54, 1.807) is 0 Å². The van der Waals surface area contributed by atoms with Crippen molar-refractivity contribution in [3.05, 3.63) is 102 Å². The van der Waals surface area contributed by atoms with Gasteiger partial charge in [-0.25, -0.2) is 33.7 Å². The van der Waals surface area contributed by atoms with E-state index >= 15 is 0 Å². The molecule has 46 heavy (non-hydrogen) atoms. The molecule has 0 aliphatic carbocycles. The van der Waals surface area contributed by atoms with E-state index in [1.165, 1.54) is 76.2 Å². The second-order valence-electron chi connectivity index (χ2n) is 10.6. The van der Waals surface area contributed by atoms with E-state index in [-0.39, 0.29) is 54.5 Å². The van der Waals surface area contributed by atoms with Crippen molar-refractivity contribution >= 4 is 51.1 Å². The van der Waals surface area contributed by atoms with Gasteiger partial charge in [-0.05, 0) is 85.3 Å². The van der Waals surface area contributed by atoms with Gasteiger partial charge in [-0.2, -0.15) is 0 Å². The smallest absolute Gasteiger partial charge is 0.283 e. The van der Waals surface area contributed by atoms with E-state index in [4.69, 9.17) is 0 Å². The highest BCUT2D eigenvalue weighted by Gasteiger charge is 2.28. The highest BCUT2D eigenvalue weighted by Crippen LogP contribution is 2.28. The van der Waals surface area contributed by atoms with Crippen LogP contribution in [0.1, 0.15) is 33.4 Å². The molecule has 3 rings (SSSR count). The van der Waals surface area contributed by atoms with Crippen molar-refractivity contribution in [1.29, 1.82) is 0 Å². The average molecular weight is 719 g/mol. The molecular formula is C26H30N4O12S4. The lowest BCUT2D eigenvalue weighted by atomic mass is 10.1. The van der Waals surface area contributed by atoms with Crippen molar-refractivity contribution in [3.8, 4) is 0 Å². The van der Waals surface area contributed by atoms with E-state index < -0.39 is 72.8 Å². The van der Waals surface area contributed by atoms with Gasteiger partial charge in [0.25, 0.3) is 0 Å². The van der Waals surface area contributed by atoms with Gasteiger partial charge in [0, 0.05) is 21.2 Å². The second kappa shape index (κ2) is 13.3. The highest BCUT2D eigenvalue weighted by molar-refractivity contribution is 7.92. The Morgan fingerprint density at radius 3 is 1.15 bits per heavy atom. The third kappa shape index (κ3) is 9.44. The fourth-order valence-corrected chi connectivity index (χ4v) is 10.4. The lowest BCUT2D eigenvalue weighted by Crippen LogP contribution is -2.19. The van der Waals surface area contributed by atoms with Crippen LogP contribution < -0.4 is 9.44 Å². The van der Waals surface area contributed by atoms with Gasteiger partial charge in [0.05, 0.1) is 21.3 Å². The number of benzene rings is 3. The van der Waals surface area contributed by atoms with Crippen LogP contribution in [0.15, 0.2) is 58.3 Å². The molecule has 3 aromatic carbocycles. The fraction of sp³-hybridized carbons (Fsp3) is 0.308. The van der Waals surface area contributed by atoms with E-state index in [2.05, 4.69) is 9.44 Å². The molecule has 0 aliphatic rings. The molecule has 0 bridgehead atoms. The highest BCUT2D eigenvalue weighted by atomic mass is 32.2. The molecule has 0 heterocycles. The van der Waals surface area contributed by atoms with Crippen LogP contribution in [-0.4, -0.2) is 55.3 Å². The fourth-order valence-electron chi connectivity index (χ4n) is 5.09. The summed E-state index contributed by atoms with van der Waals surface area (Å²) in [5.41, 5.74) is 0.947. The summed E-state index contributed by atoms with van der Waals surface area (Å²) in [6, 6.07) is 10.7. The normalized spacial score (nSPS) is 12.4. The maximum absolute atomic E-state index is 12.9. The van der Waals surface area contributed by atoms with Gasteiger partial charge in [-0.1, -0.05) is 24.3 Å². The molecule has 0 saturated heterocycles. The van der Waals surface area contributed by atoms with Gasteiger partial charge in [-0.3, -0.25) is 29.7 Å². The molecule has 0 amide bonds. The van der Waals surface area contributed by atoms with Crippen molar-refractivity contribution in [2.45, 2.75) is 49.0 Å². The number of hydrogen-bond acceptors (Lipinski definition) is 12. The van der Waals surface area contributed by atoms with E-state index in [0.29, 0.717) is 0 Å². The Hall–Kier alpha value is -4.14. The molecule has 0 aliphatic heterocycles. The number of sulfone groups is 2. The second-order valence-corrected chi connectivity index (χ2v) is 17.8. The minimum atomic E-state index is -4.26. The lowest BCUT2D eigenvalue weighted by molar-refractivity contribution is -0.458. The van der Waals surface area contributed by atoms with Crippen molar-refractivity contribution in [3.63, 3.8) is 0 Å². The summed E-state index contributed by atoms with van der Waals surface area (Å²) >= 11 is 0. The predicted molar refractivity (Wildman–Crippen MR) is 169 cm³/mol. The number of aryl methyl sites for hydroxylation is 4. The maximum atomic E-state index is 12.9. The standard InChI is InChI=1S/C26H30N4O12S4/c1-17-8-23(9-18(2)25(17)43(35,36)15-29(31)32)27-45(39,40)13-21-6-5-7-22(12-21)14-46(41,42)28-24-10-19(3)26(20(4)11-24)44(37,38)16-30(33)34/h5-12,27-28H,13-16H2,1-4H3. The number of rotatable bonds is 14. The molecule has 250 valence electrons. The summed E-state index contributed by atoms with van der Waals surface area (Å²) in [6.45, 7) is 5.52. The minimum absolute atomic E-state index is 0.0285. The lowest BCUT2D eigenvalue weighted by Gasteiger charge is -2.14. The van der Waals surface area contributed by atoms with Crippen LogP contribution in [0.5, 0.6) is 0 Å². The molecule has 3 aromatic rings. The first-order valence-corrected chi connectivity index (χ1v) is 19.6. The Morgan fingerprint density at radius 2 is 0.870 bits per heavy atom. The SMILES string of the molecule is Cc1cc(NS(=O)(=O)Cc2cccc(CS(=O)(=O)Nc3cc(C)c(S(=O)(=O)C[N+](=O)[O-])c(C)c3)c2)cc(C)c1S(=O)(=O)C[N+](=O)[O-]. The van der Waals surface area contributed by atoms with Crippen molar-refractivity contribution in [2.24, 2.45) is 0 Å². The quantitative estimate of drug-likeness (QED) is 0.180. The molecule has 0 radical (unpaired) electrons. The van der Waals surface area contributed by atoms with Crippen LogP contribution >= 0.6 is 0 Å². The van der Waals surface area contributed by atoms with Crippen molar-refractivity contribution in [1.82, 2.24) is 0 Å². The number of nitro groups is 2. The monoisotopic (exact) mass is 718 g/mol. The topological polar surface area (TPSA) is 247 Å². The number of nitrogens with one attached hydrogen (secondary N) is 2. The molecule has 20 heteroatoms. The van der Waals surface area contributed by atoms with Crippen molar-refractivity contribution < 1.29 is 43.5 Å². The summed E-state index contributed by atoms with van der Waals surface area (Å²) in [7, 11) is -16.7. The Bertz CT molecular complexity index is 1970. The van der Waals surface area contributed by atoms with Crippen LogP contribution in [0.4, 0.5) is 11.4 Å². The van der Waals surface area contributed by atoms with E-state index in [0.717, 1.165) is 0 Å². The van der Waals surface area contributed by atoms with Crippen LogP contribution in [-0.2, 0) is 51.2 Å². The van der Waals surface area contributed by atoms with Crippen LogP contribution in [0.2, 0.25) is 0 Å². The number of nitrogens with zero attached hydrogens (tertiary/aromatic N) is 2. The molecule has 0 saturated carbocycles. The zero-order chi connectivity index (χ0) is 34.8. The Labute approximate surface area is 266 Å². The Balaban J connectivity index is 1.77. The Morgan fingerprint density at radius 1 is 0.565 bits per heavy atom. The number of sulfonamides is 2. The van der Waals surface area contributed by atoms with Crippen molar-refractivity contribution in [2.75, 3.05) is 21.2 Å². The molecule has 16 nitrogen and oxygen atoms in total. The van der Waals surface area contributed by atoms with Gasteiger partial charge in [0.2, 0.25) is 39.7 Å². The van der Waals surface area contributed by atoms with Crippen LogP contribution in [0.3, 0.4) is 0 Å². The van der Waals surface area contributed by atoms with Gasteiger partial charge in [0.1, 0.15) is 0 Å². The van der Waals surface area contributed by atoms with Gasteiger partial charge >= 0.3 is 11.8 Å². The zero-order valence-electron chi connectivity index (χ0n) is 24.9. The first kappa shape index (κ1) is 36.3. The zero-order valence-corrected chi connectivity index (χ0v) is 28.1. The van der Waals surface area contributed by atoms with Gasteiger partial charge in [-0.15, -0.1) is 0 Å². The van der Waals surface area contributed by atoms with Crippen LogP contribution in [0, 0.1) is 47.9 Å². The molecule has 2 N–H and O–H groups in total.